The molecule has 0 aromatic carbocycles. The second-order valence-electron chi connectivity index (χ2n) is 3.43. The lowest BCUT2D eigenvalue weighted by Gasteiger charge is -2.20. The minimum Gasteiger partial charge on any atom is -0.444 e. The van der Waals surface area contributed by atoms with E-state index in [4.69, 9.17) is 4.42 Å². The van der Waals surface area contributed by atoms with Gasteiger partial charge in [0.05, 0.1) is 23.7 Å². The van der Waals surface area contributed by atoms with Crippen LogP contribution in [0.1, 0.15) is 17.7 Å². The molecule has 0 radical (unpaired) electrons. The second kappa shape index (κ2) is 3.36. The van der Waals surface area contributed by atoms with Gasteiger partial charge in [-0.3, -0.25) is 0 Å². The summed E-state index contributed by atoms with van der Waals surface area (Å²) in [6.07, 6.45) is 1.60. The summed E-state index contributed by atoms with van der Waals surface area (Å²) in [5, 5.41) is 3.07. The zero-order valence-electron chi connectivity index (χ0n) is 7.86. The number of hydrogen-bond acceptors (Lipinski definition) is 5. The van der Waals surface area contributed by atoms with Gasteiger partial charge >= 0.3 is 0 Å². The SMILES string of the molecule is Cc1cnc(C2CS(=O)(=O)CCN2)o1. The first kappa shape index (κ1) is 9.67. The second-order valence-corrected chi connectivity index (χ2v) is 5.66. The van der Waals surface area contributed by atoms with Crippen LogP contribution < -0.4 is 5.32 Å². The van der Waals surface area contributed by atoms with E-state index >= 15 is 0 Å². The highest BCUT2D eigenvalue weighted by Crippen LogP contribution is 2.17. The molecule has 1 atom stereocenters. The van der Waals surface area contributed by atoms with Crippen LogP contribution in [0.3, 0.4) is 0 Å². The monoisotopic (exact) mass is 216 g/mol. The summed E-state index contributed by atoms with van der Waals surface area (Å²) >= 11 is 0. The number of aromatic nitrogens is 1. The molecule has 1 aromatic rings. The van der Waals surface area contributed by atoms with Crippen molar-refractivity contribution in [3.05, 3.63) is 17.8 Å². The molecule has 2 heterocycles. The van der Waals surface area contributed by atoms with E-state index in [1.165, 1.54) is 0 Å². The van der Waals surface area contributed by atoms with Crippen LogP contribution in [-0.4, -0.2) is 31.5 Å². The number of aryl methyl sites for hydroxylation is 1. The van der Waals surface area contributed by atoms with Gasteiger partial charge in [-0.05, 0) is 6.92 Å². The lowest BCUT2D eigenvalue weighted by Crippen LogP contribution is -2.39. The van der Waals surface area contributed by atoms with E-state index in [1.54, 1.807) is 13.1 Å². The Morgan fingerprint density at radius 3 is 3.00 bits per heavy atom. The van der Waals surface area contributed by atoms with Gasteiger partial charge in [-0.15, -0.1) is 0 Å². The molecule has 5 nitrogen and oxygen atoms in total. The van der Waals surface area contributed by atoms with Crippen LogP contribution in [0.15, 0.2) is 10.6 Å². The first-order valence-electron chi connectivity index (χ1n) is 4.43. The fourth-order valence-electron chi connectivity index (χ4n) is 1.48. The summed E-state index contributed by atoms with van der Waals surface area (Å²) in [5.41, 5.74) is 0. The van der Waals surface area contributed by atoms with Crippen LogP contribution in [0.5, 0.6) is 0 Å². The summed E-state index contributed by atoms with van der Waals surface area (Å²) < 4.78 is 27.9. The molecule has 1 saturated heterocycles. The molecule has 78 valence electrons. The third-order valence-electron chi connectivity index (χ3n) is 2.16. The molecule has 0 spiro atoms. The molecule has 1 aromatic heterocycles. The summed E-state index contributed by atoms with van der Waals surface area (Å²) in [7, 11) is -2.93. The molecule has 1 aliphatic rings. The summed E-state index contributed by atoms with van der Waals surface area (Å²) in [4.78, 5) is 4.01. The number of nitrogens with one attached hydrogen (secondary N) is 1. The zero-order valence-corrected chi connectivity index (χ0v) is 8.67. The Kier molecular flexibility index (Phi) is 2.32. The Balaban J connectivity index is 2.20. The summed E-state index contributed by atoms with van der Waals surface area (Å²) in [6.45, 7) is 2.25. The fourth-order valence-corrected chi connectivity index (χ4v) is 2.84. The van der Waals surface area contributed by atoms with Crippen molar-refractivity contribution in [2.45, 2.75) is 13.0 Å². The molecular weight excluding hydrogens is 204 g/mol. The van der Waals surface area contributed by atoms with Crippen molar-refractivity contribution in [2.24, 2.45) is 0 Å². The van der Waals surface area contributed by atoms with Gasteiger partial charge < -0.3 is 9.73 Å². The van der Waals surface area contributed by atoms with Crippen LogP contribution in [0.25, 0.3) is 0 Å². The summed E-state index contributed by atoms with van der Waals surface area (Å²) in [6, 6.07) is -0.289. The number of oxazole rings is 1. The van der Waals surface area contributed by atoms with E-state index in [0.29, 0.717) is 18.2 Å². The lowest BCUT2D eigenvalue weighted by atomic mass is 10.3. The molecule has 6 heteroatoms. The van der Waals surface area contributed by atoms with Gasteiger partial charge in [-0.2, -0.15) is 0 Å². The van der Waals surface area contributed by atoms with Gasteiger partial charge in [-0.1, -0.05) is 0 Å². The molecule has 0 bridgehead atoms. The third kappa shape index (κ3) is 1.96. The van der Waals surface area contributed by atoms with Crippen LogP contribution in [0.2, 0.25) is 0 Å². The summed E-state index contributed by atoms with van der Waals surface area (Å²) in [5.74, 6) is 1.44. The molecule has 1 N–H and O–H groups in total. The van der Waals surface area contributed by atoms with E-state index in [-0.39, 0.29) is 17.5 Å². The fraction of sp³-hybridized carbons (Fsp3) is 0.625. The molecule has 1 fully saturated rings. The number of sulfone groups is 1. The van der Waals surface area contributed by atoms with Crippen molar-refractivity contribution < 1.29 is 12.8 Å². The van der Waals surface area contributed by atoms with Crippen LogP contribution in [0, 0.1) is 6.92 Å². The van der Waals surface area contributed by atoms with Gasteiger partial charge in [0, 0.05) is 6.54 Å². The smallest absolute Gasteiger partial charge is 0.212 e. The van der Waals surface area contributed by atoms with Gasteiger partial charge in [0.1, 0.15) is 5.76 Å². The lowest BCUT2D eigenvalue weighted by molar-refractivity contribution is 0.400. The Morgan fingerprint density at radius 1 is 1.64 bits per heavy atom. The van der Waals surface area contributed by atoms with Crippen molar-refractivity contribution in [1.82, 2.24) is 10.3 Å². The van der Waals surface area contributed by atoms with E-state index in [1.807, 2.05) is 0 Å². The van der Waals surface area contributed by atoms with Crippen molar-refractivity contribution in [2.75, 3.05) is 18.1 Å². The maximum atomic E-state index is 11.3. The Labute approximate surface area is 82.4 Å². The normalized spacial score (nSPS) is 26.2. The topological polar surface area (TPSA) is 72.2 Å². The Hall–Kier alpha value is -0.880. The largest absolute Gasteiger partial charge is 0.444 e. The first-order chi connectivity index (χ1) is 6.57. The highest BCUT2D eigenvalue weighted by molar-refractivity contribution is 7.91. The molecule has 0 amide bonds. The van der Waals surface area contributed by atoms with Crippen molar-refractivity contribution in [3.8, 4) is 0 Å². The quantitative estimate of drug-likeness (QED) is 0.717. The average molecular weight is 216 g/mol. The first-order valence-corrected chi connectivity index (χ1v) is 6.25. The van der Waals surface area contributed by atoms with Gasteiger partial charge in [0.2, 0.25) is 5.89 Å². The van der Waals surface area contributed by atoms with Crippen molar-refractivity contribution >= 4 is 9.84 Å². The molecule has 2 rings (SSSR count). The average Bonchev–Trinajstić information content (AvgIpc) is 2.50. The molecule has 1 aliphatic heterocycles. The minimum atomic E-state index is -2.93. The zero-order chi connectivity index (χ0) is 10.2. The van der Waals surface area contributed by atoms with Crippen LogP contribution in [-0.2, 0) is 9.84 Å². The maximum Gasteiger partial charge on any atom is 0.212 e. The predicted molar refractivity (Wildman–Crippen MR) is 50.6 cm³/mol. The molecular formula is C8H12N2O3S. The molecule has 14 heavy (non-hydrogen) atoms. The molecule has 0 aliphatic carbocycles. The van der Waals surface area contributed by atoms with Gasteiger partial charge in [-0.25, -0.2) is 13.4 Å². The van der Waals surface area contributed by atoms with Gasteiger partial charge in [0.15, 0.2) is 9.84 Å². The Bertz CT molecular complexity index is 424. The highest BCUT2D eigenvalue weighted by atomic mass is 32.2. The van der Waals surface area contributed by atoms with E-state index in [0.717, 1.165) is 0 Å². The van der Waals surface area contributed by atoms with E-state index < -0.39 is 9.84 Å². The van der Waals surface area contributed by atoms with Crippen molar-refractivity contribution in [3.63, 3.8) is 0 Å². The van der Waals surface area contributed by atoms with Crippen molar-refractivity contribution in [1.29, 1.82) is 0 Å². The minimum absolute atomic E-state index is 0.0763. The van der Waals surface area contributed by atoms with E-state index in [9.17, 15) is 8.42 Å². The standard InChI is InChI=1S/C8H12N2O3S/c1-6-4-10-8(13-6)7-5-14(11,12)3-2-9-7/h4,7,9H,2-3,5H2,1H3. The van der Waals surface area contributed by atoms with E-state index in [2.05, 4.69) is 10.3 Å². The van der Waals surface area contributed by atoms with Crippen LogP contribution >= 0.6 is 0 Å². The third-order valence-corrected chi connectivity index (χ3v) is 3.83. The maximum absolute atomic E-state index is 11.3. The molecule has 0 saturated carbocycles. The number of nitrogens with zero attached hydrogens (tertiary/aromatic N) is 1. The number of hydrogen-bond donors (Lipinski definition) is 1. The predicted octanol–water partition coefficient (Wildman–Crippen LogP) is 0.0421. The van der Waals surface area contributed by atoms with Gasteiger partial charge in [0.25, 0.3) is 0 Å². The highest BCUT2D eigenvalue weighted by Gasteiger charge is 2.28. The molecule has 1 unspecified atom stereocenters. The van der Waals surface area contributed by atoms with Crippen LogP contribution in [0.4, 0.5) is 0 Å². The number of rotatable bonds is 1. The Morgan fingerprint density at radius 2 is 2.43 bits per heavy atom.